The summed E-state index contributed by atoms with van der Waals surface area (Å²) in [5.74, 6) is -0.949. The van der Waals surface area contributed by atoms with Crippen LogP contribution in [0, 0.1) is 0 Å². The zero-order valence-electron chi connectivity index (χ0n) is 20.1. The standard InChI is InChI=1S/C27H27Cl2N3O3/c1-16(25(34)30-27(2,3)4)31(14-19-20(28)11-7-12-21(19)29)23(33)15-32-22-13-6-9-17-8-5-10-18(24(17)22)26(32)35/h5-13,16H,14-15H2,1-4H3,(H,30,34). The normalized spacial score (nSPS) is 13.8. The van der Waals surface area contributed by atoms with Crippen LogP contribution in [-0.4, -0.2) is 40.7 Å². The van der Waals surface area contributed by atoms with Gasteiger partial charge in [0.2, 0.25) is 11.8 Å². The Hall–Kier alpha value is -3.09. The summed E-state index contributed by atoms with van der Waals surface area (Å²) in [7, 11) is 0. The Labute approximate surface area is 214 Å². The summed E-state index contributed by atoms with van der Waals surface area (Å²) in [5, 5.41) is 5.47. The van der Waals surface area contributed by atoms with Crippen molar-refractivity contribution in [3.8, 4) is 0 Å². The highest BCUT2D eigenvalue weighted by Gasteiger charge is 2.35. The highest BCUT2D eigenvalue weighted by Crippen LogP contribution is 2.37. The molecular weight excluding hydrogens is 485 g/mol. The molecule has 0 aromatic heterocycles. The number of benzene rings is 3. The number of amides is 3. The van der Waals surface area contributed by atoms with E-state index in [0.717, 1.165) is 10.8 Å². The Morgan fingerprint density at radius 2 is 1.60 bits per heavy atom. The van der Waals surface area contributed by atoms with E-state index in [4.69, 9.17) is 23.2 Å². The molecule has 1 heterocycles. The van der Waals surface area contributed by atoms with Gasteiger partial charge in [-0.1, -0.05) is 53.5 Å². The quantitative estimate of drug-likeness (QED) is 0.479. The third-order valence-corrected chi connectivity index (χ3v) is 6.71. The Balaban J connectivity index is 1.67. The highest BCUT2D eigenvalue weighted by molar-refractivity contribution is 6.36. The number of anilines is 1. The smallest absolute Gasteiger partial charge is 0.259 e. The van der Waals surface area contributed by atoms with Gasteiger partial charge in [-0.25, -0.2) is 0 Å². The lowest BCUT2D eigenvalue weighted by atomic mass is 10.1. The lowest BCUT2D eigenvalue weighted by Gasteiger charge is -2.33. The Morgan fingerprint density at radius 3 is 2.23 bits per heavy atom. The van der Waals surface area contributed by atoms with Gasteiger partial charge >= 0.3 is 0 Å². The van der Waals surface area contributed by atoms with Gasteiger partial charge < -0.3 is 10.2 Å². The molecule has 0 fully saturated rings. The zero-order valence-corrected chi connectivity index (χ0v) is 21.6. The topological polar surface area (TPSA) is 69.7 Å². The minimum Gasteiger partial charge on any atom is -0.350 e. The van der Waals surface area contributed by atoms with Gasteiger partial charge in [0.25, 0.3) is 5.91 Å². The molecule has 1 aliphatic heterocycles. The fourth-order valence-corrected chi connectivity index (χ4v) is 4.79. The van der Waals surface area contributed by atoms with E-state index in [-0.39, 0.29) is 24.9 Å². The van der Waals surface area contributed by atoms with Crippen molar-refractivity contribution in [3.05, 3.63) is 75.8 Å². The average Bonchev–Trinajstić information content (AvgIpc) is 3.05. The average molecular weight is 512 g/mol. The first-order valence-corrected chi connectivity index (χ1v) is 12.1. The van der Waals surface area contributed by atoms with E-state index in [2.05, 4.69) is 5.32 Å². The first kappa shape index (κ1) is 25.0. The first-order chi connectivity index (χ1) is 16.5. The lowest BCUT2D eigenvalue weighted by molar-refractivity contribution is -0.140. The summed E-state index contributed by atoms with van der Waals surface area (Å²) >= 11 is 12.8. The number of carbonyl (C=O) groups is 3. The molecule has 0 radical (unpaired) electrons. The van der Waals surface area contributed by atoms with Gasteiger partial charge in [0.1, 0.15) is 12.6 Å². The van der Waals surface area contributed by atoms with E-state index >= 15 is 0 Å². The summed E-state index contributed by atoms with van der Waals surface area (Å²) < 4.78 is 0. The van der Waals surface area contributed by atoms with E-state index in [9.17, 15) is 14.4 Å². The third-order valence-electron chi connectivity index (χ3n) is 6.00. The largest absolute Gasteiger partial charge is 0.350 e. The van der Waals surface area contributed by atoms with E-state index in [1.54, 1.807) is 31.2 Å². The second-order valence-electron chi connectivity index (χ2n) is 9.71. The molecule has 182 valence electrons. The van der Waals surface area contributed by atoms with Crippen LogP contribution in [0.25, 0.3) is 10.8 Å². The van der Waals surface area contributed by atoms with Crippen LogP contribution in [0.5, 0.6) is 0 Å². The molecule has 3 aromatic rings. The highest BCUT2D eigenvalue weighted by atomic mass is 35.5. The van der Waals surface area contributed by atoms with Gasteiger partial charge in [-0.15, -0.1) is 0 Å². The summed E-state index contributed by atoms with van der Waals surface area (Å²) in [6, 6.07) is 15.4. The maximum atomic E-state index is 13.7. The predicted octanol–water partition coefficient (Wildman–Crippen LogP) is 5.44. The van der Waals surface area contributed by atoms with E-state index in [0.29, 0.717) is 26.9 Å². The van der Waals surface area contributed by atoms with Crippen LogP contribution in [0.3, 0.4) is 0 Å². The molecule has 0 saturated heterocycles. The van der Waals surface area contributed by atoms with Crippen LogP contribution in [0.2, 0.25) is 10.0 Å². The number of hydrogen-bond donors (Lipinski definition) is 1. The van der Waals surface area contributed by atoms with Gasteiger partial charge in [0.05, 0.1) is 5.69 Å². The number of nitrogens with zero attached hydrogens (tertiary/aromatic N) is 2. The fourth-order valence-electron chi connectivity index (χ4n) is 4.27. The molecule has 6 nitrogen and oxygen atoms in total. The molecule has 1 unspecified atom stereocenters. The lowest BCUT2D eigenvalue weighted by Crippen LogP contribution is -2.54. The maximum Gasteiger partial charge on any atom is 0.259 e. The van der Waals surface area contributed by atoms with Gasteiger partial charge in [-0.05, 0) is 57.3 Å². The van der Waals surface area contributed by atoms with Crippen LogP contribution in [0.1, 0.15) is 43.6 Å². The Bertz CT molecular complexity index is 1310. The molecule has 8 heteroatoms. The fraction of sp³-hybridized carbons (Fsp3) is 0.296. The molecule has 0 bridgehead atoms. The van der Waals surface area contributed by atoms with Crippen molar-refractivity contribution in [3.63, 3.8) is 0 Å². The minimum absolute atomic E-state index is 0.0231. The monoisotopic (exact) mass is 511 g/mol. The molecule has 35 heavy (non-hydrogen) atoms. The second-order valence-corrected chi connectivity index (χ2v) is 10.5. The van der Waals surface area contributed by atoms with Crippen LogP contribution >= 0.6 is 23.2 Å². The van der Waals surface area contributed by atoms with Crippen LogP contribution in [-0.2, 0) is 16.1 Å². The first-order valence-electron chi connectivity index (χ1n) is 11.4. The van der Waals surface area contributed by atoms with Crippen molar-refractivity contribution in [1.82, 2.24) is 10.2 Å². The van der Waals surface area contributed by atoms with Crippen LogP contribution in [0.4, 0.5) is 5.69 Å². The van der Waals surface area contributed by atoms with Crippen molar-refractivity contribution in [2.24, 2.45) is 0 Å². The summed E-state index contributed by atoms with van der Waals surface area (Å²) in [5.41, 5.74) is 1.30. The van der Waals surface area contributed by atoms with Gasteiger partial charge in [-0.3, -0.25) is 19.3 Å². The molecule has 4 rings (SSSR count). The molecule has 0 saturated carbocycles. The molecular formula is C27H27Cl2N3O3. The SMILES string of the molecule is CC(C(=O)NC(C)(C)C)N(Cc1c(Cl)cccc1Cl)C(=O)CN1C(=O)c2cccc3cccc1c23. The maximum absolute atomic E-state index is 13.7. The summed E-state index contributed by atoms with van der Waals surface area (Å²) in [6.07, 6.45) is 0. The van der Waals surface area contributed by atoms with Gasteiger partial charge in [0.15, 0.2) is 0 Å². The number of hydrogen-bond acceptors (Lipinski definition) is 3. The van der Waals surface area contributed by atoms with Crippen molar-refractivity contribution < 1.29 is 14.4 Å². The summed E-state index contributed by atoms with van der Waals surface area (Å²) in [4.78, 5) is 42.9. The molecule has 1 atom stereocenters. The zero-order chi connectivity index (χ0) is 25.5. The number of carbonyl (C=O) groups excluding carboxylic acids is 3. The van der Waals surface area contributed by atoms with Crippen LogP contribution in [0.15, 0.2) is 54.6 Å². The van der Waals surface area contributed by atoms with Crippen molar-refractivity contribution in [1.29, 1.82) is 0 Å². The second kappa shape index (κ2) is 9.51. The number of rotatable bonds is 6. The van der Waals surface area contributed by atoms with Crippen molar-refractivity contribution in [2.45, 2.75) is 45.8 Å². The van der Waals surface area contributed by atoms with Crippen LogP contribution < -0.4 is 10.2 Å². The molecule has 1 aliphatic rings. The van der Waals surface area contributed by atoms with E-state index < -0.39 is 17.5 Å². The predicted molar refractivity (Wildman–Crippen MR) is 140 cm³/mol. The van der Waals surface area contributed by atoms with Gasteiger partial charge in [-0.2, -0.15) is 0 Å². The number of halogens is 2. The Morgan fingerprint density at radius 1 is 1.00 bits per heavy atom. The minimum atomic E-state index is -0.829. The molecule has 3 aromatic carbocycles. The molecule has 0 spiro atoms. The van der Waals surface area contributed by atoms with E-state index in [1.165, 1.54) is 9.80 Å². The molecule has 3 amide bonds. The Kier molecular flexibility index (Phi) is 6.80. The van der Waals surface area contributed by atoms with E-state index in [1.807, 2.05) is 51.1 Å². The van der Waals surface area contributed by atoms with Crippen molar-refractivity contribution >= 4 is 57.4 Å². The third kappa shape index (κ3) is 5.00. The van der Waals surface area contributed by atoms with Crippen molar-refractivity contribution in [2.75, 3.05) is 11.4 Å². The number of nitrogens with one attached hydrogen (secondary N) is 1. The molecule has 1 N–H and O–H groups in total. The molecule has 0 aliphatic carbocycles. The summed E-state index contributed by atoms with van der Waals surface area (Å²) in [6.45, 7) is 7.07. The van der Waals surface area contributed by atoms with Gasteiger partial charge in [0, 0.05) is 38.6 Å².